The zero-order valence-corrected chi connectivity index (χ0v) is 10.7. The maximum absolute atomic E-state index is 12.1. The predicted octanol–water partition coefficient (Wildman–Crippen LogP) is -0.0863. The van der Waals surface area contributed by atoms with E-state index in [0.717, 1.165) is 12.8 Å². The number of aliphatic carboxylic acids is 1. The summed E-state index contributed by atoms with van der Waals surface area (Å²) in [5.74, 6) is -0.960. The zero-order chi connectivity index (χ0) is 13.8. The number of carboxylic acid groups (broad SMARTS) is 1. The third-order valence-corrected chi connectivity index (χ3v) is 3.64. The second-order valence-electron chi connectivity index (χ2n) is 5.03. The van der Waals surface area contributed by atoms with Gasteiger partial charge in [0.05, 0.1) is 0 Å². The van der Waals surface area contributed by atoms with Crippen LogP contribution in [0.3, 0.4) is 0 Å². The standard InChI is InChI=1S/C12H19N3O4/c16-10-5-4-8(7-13-10)14-12(19)15-6-2-1-3-9(15)11(17)18/h8-9H,1-7H2,(H,13,16)(H,14,19)(H,17,18). The molecular weight excluding hydrogens is 250 g/mol. The minimum Gasteiger partial charge on any atom is -0.480 e. The van der Waals surface area contributed by atoms with Crippen LogP contribution in [0.1, 0.15) is 32.1 Å². The van der Waals surface area contributed by atoms with E-state index in [-0.39, 0.29) is 18.0 Å². The van der Waals surface area contributed by atoms with Gasteiger partial charge in [-0.1, -0.05) is 0 Å². The van der Waals surface area contributed by atoms with Gasteiger partial charge in [-0.05, 0) is 25.7 Å². The number of urea groups is 1. The predicted molar refractivity (Wildman–Crippen MR) is 66.5 cm³/mol. The van der Waals surface area contributed by atoms with Gasteiger partial charge in [0.25, 0.3) is 0 Å². The van der Waals surface area contributed by atoms with Gasteiger partial charge in [-0.25, -0.2) is 9.59 Å². The highest BCUT2D eigenvalue weighted by Crippen LogP contribution is 2.17. The van der Waals surface area contributed by atoms with E-state index in [1.165, 1.54) is 4.90 Å². The molecule has 3 amide bonds. The van der Waals surface area contributed by atoms with Crippen molar-refractivity contribution in [1.29, 1.82) is 0 Å². The van der Waals surface area contributed by atoms with Crippen molar-refractivity contribution in [3.63, 3.8) is 0 Å². The maximum atomic E-state index is 12.1. The Bertz CT molecular complexity index is 375. The van der Waals surface area contributed by atoms with E-state index in [2.05, 4.69) is 10.6 Å². The Morgan fingerprint density at radius 3 is 2.74 bits per heavy atom. The molecule has 2 aliphatic heterocycles. The first-order valence-corrected chi connectivity index (χ1v) is 6.64. The van der Waals surface area contributed by atoms with E-state index in [0.29, 0.717) is 32.4 Å². The fourth-order valence-corrected chi connectivity index (χ4v) is 2.54. The maximum Gasteiger partial charge on any atom is 0.326 e. The van der Waals surface area contributed by atoms with Crippen molar-refractivity contribution in [2.45, 2.75) is 44.2 Å². The number of carboxylic acids is 1. The normalized spacial score (nSPS) is 27.6. The average molecular weight is 269 g/mol. The Kier molecular flexibility index (Phi) is 4.24. The van der Waals surface area contributed by atoms with Crippen LogP contribution in [0.4, 0.5) is 4.79 Å². The second kappa shape index (κ2) is 5.90. The molecule has 0 spiro atoms. The van der Waals surface area contributed by atoms with Crippen LogP contribution in [0.5, 0.6) is 0 Å². The summed E-state index contributed by atoms with van der Waals surface area (Å²) in [6.45, 7) is 0.887. The van der Waals surface area contributed by atoms with Crippen molar-refractivity contribution in [3.05, 3.63) is 0 Å². The first-order chi connectivity index (χ1) is 9.08. The van der Waals surface area contributed by atoms with E-state index < -0.39 is 12.0 Å². The van der Waals surface area contributed by atoms with Gasteiger partial charge in [0, 0.05) is 25.6 Å². The third kappa shape index (κ3) is 3.36. The number of carbonyl (C=O) groups is 3. The molecule has 3 N–H and O–H groups in total. The molecule has 2 saturated heterocycles. The van der Waals surface area contributed by atoms with Crippen molar-refractivity contribution in [3.8, 4) is 0 Å². The van der Waals surface area contributed by atoms with Crippen LogP contribution in [-0.4, -0.2) is 53.1 Å². The number of nitrogens with one attached hydrogen (secondary N) is 2. The van der Waals surface area contributed by atoms with Crippen molar-refractivity contribution >= 4 is 17.9 Å². The number of amides is 3. The van der Waals surface area contributed by atoms with Crippen LogP contribution in [-0.2, 0) is 9.59 Å². The molecule has 0 aromatic carbocycles. The van der Waals surface area contributed by atoms with E-state index in [4.69, 9.17) is 5.11 Å². The first-order valence-electron chi connectivity index (χ1n) is 6.64. The molecule has 0 saturated carbocycles. The monoisotopic (exact) mass is 269 g/mol. The molecule has 0 bridgehead atoms. The Morgan fingerprint density at radius 2 is 2.11 bits per heavy atom. The van der Waals surface area contributed by atoms with Crippen LogP contribution in [0.25, 0.3) is 0 Å². The number of likely N-dealkylation sites (tertiary alicyclic amines) is 1. The molecule has 19 heavy (non-hydrogen) atoms. The first kappa shape index (κ1) is 13.6. The van der Waals surface area contributed by atoms with Crippen LogP contribution in [0.15, 0.2) is 0 Å². The number of piperidine rings is 2. The molecule has 2 atom stereocenters. The van der Waals surface area contributed by atoms with Gasteiger partial charge in [0.15, 0.2) is 0 Å². The molecule has 2 unspecified atom stereocenters. The molecule has 0 radical (unpaired) electrons. The second-order valence-corrected chi connectivity index (χ2v) is 5.03. The average Bonchev–Trinajstić information content (AvgIpc) is 2.41. The number of nitrogens with zero attached hydrogens (tertiary/aromatic N) is 1. The summed E-state index contributed by atoms with van der Waals surface area (Å²) in [6.07, 6.45) is 3.17. The Balaban J connectivity index is 1.90. The highest BCUT2D eigenvalue weighted by atomic mass is 16.4. The fraction of sp³-hybridized carbons (Fsp3) is 0.750. The van der Waals surface area contributed by atoms with Gasteiger partial charge < -0.3 is 20.6 Å². The summed E-state index contributed by atoms with van der Waals surface area (Å²) in [4.78, 5) is 35.6. The lowest BCUT2D eigenvalue weighted by molar-refractivity contribution is -0.143. The molecule has 2 fully saturated rings. The lowest BCUT2D eigenvalue weighted by atomic mass is 10.0. The molecule has 0 aromatic heterocycles. The van der Waals surface area contributed by atoms with Crippen LogP contribution < -0.4 is 10.6 Å². The molecule has 106 valence electrons. The molecule has 7 nitrogen and oxygen atoms in total. The minimum absolute atomic E-state index is 0.00751. The van der Waals surface area contributed by atoms with Crippen LogP contribution in [0, 0.1) is 0 Å². The molecule has 0 aliphatic carbocycles. The highest BCUT2D eigenvalue weighted by molar-refractivity contribution is 5.83. The molecular formula is C12H19N3O4. The van der Waals surface area contributed by atoms with E-state index in [9.17, 15) is 14.4 Å². The SMILES string of the molecule is O=C1CCC(NC(=O)N2CCCCC2C(=O)O)CN1. The lowest BCUT2D eigenvalue weighted by Gasteiger charge is -2.34. The number of hydrogen-bond donors (Lipinski definition) is 3. The van der Waals surface area contributed by atoms with Gasteiger partial charge in [-0.2, -0.15) is 0 Å². The molecule has 2 rings (SSSR count). The van der Waals surface area contributed by atoms with Crippen molar-refractivity contribution < 1.29 is 19.5 Å². The Labute approximate surface area is 111 Å². The summed E-state index contributed by atoms with van der Waals surface area (Å²) < 4.78 is 0. The van der Waals surface area contributed by atoms with Gasteiger partial charge in [0.1, 0.15) is 6.04 Å². The molecule has 0 aromatic rings. The number of rotatable bonds is 2. The van der Waals surface area contributed by atoms with Crippen molar-refractivity contribution in [2.24, 2.45) is 0 Å². The molecule has 2 aliphatic rings. The lowest BCUT2D eigenvalue weighted by Crippen LogP contribution is -2.56. The highest BCUT2D eigenvalue weighted by Gasteiger charge is 2.33. The summed E-state index contributed by atoms with van der Waals surface area (Å²) >= 11 is 0. The van der Waals surface area contributed by atoms with E-state index in [1.54, 1.807) is 0 Å². The van der Waals surface area contributed by atoms with Gasteiger partial charge in [-0.3, -0.25) is 4.79 Å². The zero-order valence-electron chi connectivity index (χ0n) is 10.7. The smallest absolute Gasteiger partial charge is 0.326 e. The van der Waals surface area contributed by atoms with Crippen molar-refractivity contribution in [2.75, 3.05) is 13.1 Å². The fourth-order valence-electron chi connectivity index (χ4n) is 2.54. The summed E-state index contributed by atoms with van der Waals surface area (Å²) in [6, 6.07) is -1.18. The quantitative estimate of drug-likeness (QED) is 0.652. The van der Waals surface area contributed by atoms with Gasteiger partial charge >= 0.3 is 12.0 Å². The Hall–Kier alpha value is -1.79. The van der Waals surface area contributed by atoms with Crippen LogP contribution in [0.2, 0.25) is 0 Å². The van der Waals surface area contributed by atoms with Gasteiger partial charge in [0.2, 0.25) is 5.91 Å². The summed E-state index contributed by atoms with van der Waals surface area (Å²) in [7, 11) is 0. The molecule has 2 heterocycles. The van der Waals surface area contributed by atoms with E-state index in [1.807, 2.05) is 0 Å². The summed E-state index contributed by atoms with van der Waals surface area (Å²) in [5, 5.41) is 14.6. The van der Waals surface area contributed by atoms with Gasteiger partial charge in [-0.15, -0.1) is 0 Å². The Morgan fingerprint density at radius 1 is 1.32 bits per heavy atom. The van der Waals surface area contributed by atoms with Crippen LogP contribution >= 0.6 is 0 Å². The number of carbonyl (C=O) groups excluding carboxylic acids is 2. The summed E-state index contributed by atoms with van der Waals surface area (Å²) in [5.41, 5.74) is 0. The number of hydrogen-bond acceptors (Lipinski definition) is 3. The van der Waals surface area contributed by atoms with Crippen molar-refractivity contribution in [1.82, 2.24) is 15.5 Å². The van der Waals surface area contributed by atoms with E-state index >= 15 is 0 Å². The minimum atomic E-state index is -0.952. The molecule has 7 heteroatoms. The topological polar surface area (TPSA) is 98.7 Å². The largest absolute Gasteiger partial charge is 0.480 e. The third-order valence-electron chi connectivity index (χ3n) is 3.64.